The molecule has 1 aliphatic heterocycles. The monoisotopic (exact) mass is 317 g/mol. The summed E-state index contributed by atoms with van der Waals surface area (Å²) in [5, 5.41) is 14.2. The molecule has 22 heavy (non-hydrogen) atoms. The van der Waals surface area contributed by atoms with Gasteiger partial charge in [0.15, 0.2) is 0 Å². The van der Waals surface area contributed by atoms with Gasteiger partial charge in [-0.3, -0.25) is 0 Å². The van der Waals surface area contributed by atoms with E-state index in [9.17, 15) is 0 Å². The lowest BCUT2D eigenvalue weighted by molar-refractivity contribution is 0.0611. The zero-order chi connectivity index (χ0) is 15.2. The highest BCUT2D eigenvalue weighted by Crippen LogP contribution is 2.23. The fourth-order valence-corrected chi connectivity index (χ4v) is 3.65. The first kappa shape index (κ1) is 15.6. The summed E-state index contributed by atoms with van der Waals surface area (Å²) in [5.74, 6) is 0.797. The van der Waals surface area contributed by atoms with Gasteiger partial charge >= 0.3 is 0 Å². The van der Waals surface area contributed by atoms with Crippen molar-refractivity contribution < 1.29 is 4.74 Å². The molecule has 0 unspecified atom stereocenters. The fraction of sp³-hybridized carbons (Fsp3) is 0.529. The molecule has 1 aromatic carbocycles. The van der Waals surface area contributed by atoms with E-state index in [1.54, 1.807) is 11.3 Å². The lowest BCUT2D eigenvalue weighted by atomic mass is 9.93. The van der Waals surface area contributed by atoms with E-state index in [0.717, 1.165) is 41.3 Å². The highest BCUT2D eigenvalue weighted by atomic mass is 32.1. The van der Waals surface area contributed by atoms with E-state index in [1.165, 1.54) is 19.3 Å². The first-order chi connectivity index (χ1) is 10.8. The van der Waals surface area contributed by atoms with E-state index in [-0.39, 0.29) is 0 Å². The molecule has 0 aliphatic carbocycles. The van der Waals surface area contributed by atoms with E-state index in [1.807, 2.05) is 18.2 Å². The quantitative estimate of drug-likeness (QED) is 0.886. The molecule has 1 N–H and O–H groups in total. The second-order valence-electron chi connectivity index (χ2n) is 5.94. The number of rotatable bonds is 6. The molecule has 1 fully saturated rings. The average molecular weight is 317 g/mol. The van der Waals surface area contributed by atoms with Gasteiger partial charge in [-0.25, -0.2) is 0 Å². The number of hydrogen-bond acceptors (Lipinski definition) is 5. The summed E-state index contributed by atoms with van der Waals surface area (Å²) in [6, 6.07) is 10.7. The second-order valence-corrected chi connectivity index (χ2v) is 7.00. The van der Waals surface area contributed by atoms with Gasteiger partial charge < -0.3 is 10.1 Å². The number of nitrogens with zero attached hydrogens (tertiary/aromatic N) is 2. The number of nitrogens with one attached hydrogen (secondary N) is 1. The summed E-state index contributed by atoms with van der Waals surface area (Å²) in [5.41, 5.74) is 1.14. The second kappa shape index (κ2) is 7.81. The molecule has 0 radical (unpaired) electrons. The van der Waals surface area contributed by atoms with Crippen LogP contribution in [0, 0.1) is 5.92 Å². The SMILES string of the molecule is C[C@@H](CC1CCOCC1)NCc1nnc(-c2ccccc2)s1. The van der Waals surface area contributed by atoms with Crippen LogP contribution < -0.4 is 5.32 Å². The molecule has 1 saturated heterocycles. The van der Waals surface area contributed by atoms with E-state index in [4.69, 9.17) is 4.74 Å². The Balaban J connectivity index is 1.48. The molecule has 2 aromatic rings. The lowest BCUT2D eigenvalue weighted by Crippen LogP contribution is -2.29. The number of ether oxygens (including phenoxy) is 1. The Morgan fingerprint density at radius 1 is 1.23 bits per heavy atom. The third kappa shape index (κ3) is 4.35. The van der Waals surface area contributed by atoms with Gasteiger partial charge in [-0.2, -0.15) is 0 Å². The zero-order valence-electron chi connectivity index (χ0n) is 13.0. The molecule has 118 valence electrons. The predicted octanol–water partition coefficient (Wildman–Crippen LogP) is 3.50. The van der Waals surface area contributed by atoms with Crippen molar-refractivity contribution in [2.75, 3.05) is 13.2 Å². The molecule has 0 saturated carbocycles. The standard InChI is InChI=1S/C17H23N3OS/c1-13(11-14-7-9-21-10-8-14)18-12-16-19-20-17(22-16)15-5-3-2-4-6-15/h2-6,13-14,18H,7-12H2,1H3/t13-/m0/s1. The highest BCUT2D eigenvalue weighted by molar-refractivity contribution is 7.14. The maximum atomic E-state index is 5.42. The van der Waals surface area contributed by atoms with Crippen LogP contribution in [-0.2, 0) is 11.3 Å². The molecule has 1 atom stereocenters. The van der Waals surface area contributed by atoms with Crippen LogP contribution in [-0.4, -0.2) is 29.5 Å². The molecule has 0 amide bonds. The van der Waals surface area contributed by atoms with E-state index < -0.39 is 0 Å². The van der Waals surface area contributed by atoms with Crippen LogP contribution in [0.15, 0.2) is 30.3 Å². The van der Waals surface area contributed by atoms with Crippen molar-refractivity contribution in [3.05, 3.63) is 35.3 Å². The highest BCUT2D eigenvalue weighted by Gasteiger charge is 2.17. The van der Waals surface area contributed by atoms with Crippen LogP contribution >= 0.6 is 11.3 Å². The molecule has 4 nitrogen and oxygen atoms in total. The van der Waals surface area contributed by atoms with E-state index >= 15 is 0 Å². The van der Waals surface area contributed by atoms with Gasteiger partial charge in [-0.05, 0) is 32.1 Å². The molecule has 2 heterocycles. The summed E-state index contributed by atoms with van der Waals surface area (Å²) in [7, 11) is 0. The van der Waals surface area contributed by atoms with Crippen molar-refractivity contribution >= 4 is 11.3 Å². The van der Waals surface area contributed by atoms with Crippen molar-refractivity contribution in [3.63, 3.8) is 0 Å². The Labute approximate surface area is 135 Å². The normalized spacial score (nSPS) is 17.5. The Kier molecular flexibility index (Phi) is 5.53. The van der Waals surface area contributed by atoms with Gasteiger partial charge in [-0.15, -0.1) is 10.2 Å². The van der Waals surface area contributed by atoms with Gasteiger partial charge in [0.2, 0.25) is 0 Å². The van der Waals surface area contributed by atoms with Crippen molar-refractivity contribution in [3.8, 4) is 10.6 Å². The van der Waals surface area contributed by atoms with Gasteiger partial charge in [-0.1, -0.05) is 41.7 Å². The Morgan fingerprint density at radius 2 is 2.00 bits per heavy atom. The molecular formula is C17H23N3OS. The predicted molar refractivity (Wildman–Crippen MR) is 89.8 cm³/mol. The summed E-state index contributed by atoms with van der Waals surface area (Å²) in [4.78, 5) is 0. The van der Waals surface area contributed by atoms with E-state index in [2.05, 4.69) is 34.6 Å². The van der Waals surface area contributed by atoms with Crippen molar-refractivity contribution in [1.29, 1.82) is 0 Å². The van der Waals surface area contributed by atoms with Crippen LogP contribution in [0.3, 0.4) is 0 Å². The third-order valence-corrected chi connectivity index (χ3v) is 5.09. The Bertz CT molecular complexity index is 566. The van der Waals surface area contributed by atoms with Crippen LogP contribution in [0.25, 0.3) is 10.6 Å². The average Bonchev–Trinajstić information content (AvgIpc) is 3.04. The van der Waals surface area contributed by atoms with Crippen molar-refractivity contribution in [1.82, 2.24) is 15.5 Å². The number of hydrogen-bond donors (Lipinski definition) is 1. The van der Waals surface area contributed by atoms with Crippen LogP contribution in [0.2, 0.25) is 0 Å². The Hall–Kier alpha value is -1.30. The van der Waals surface area contributed by atoms with Crippen molar-refractivity contribution in [2.45, 2.75) is 38.8 Å². The third-order valence-electron chi connectivity index (χ3n) is 4.12. The largest absolute Gasteiger partial charge is 0.381 e. The van der Waals surface area contributed by atoms with Gasteiger partial charge in [0, 0.05) is 31.4 Å². The zero-order valence-corrected chi connectivity index (χ0v) is 13.8. The molecule has 1 aromatic heterocycles. The van der Waals surface area contributed by atoms with Crippen molar-refractivity contribution in [2.24, 2.45) is 5.92 Å². The molecule has 3 rings (SSSR count). The smallest absolute Gasteiger partial charge is 0.147 e. The minimum absolute atomic E-state index is 0.507. The fourth-order valence-electron chi connectivity index (χ4n) is 2.85. The minimum atomic E-state index is 0.507. The molecule has 0 bridgehead atoms. The van der Waals surface area contributed by atoms with Gasteiger partial charge in [0.05, 0.1) is 0 Å². The summed E-state index contributed by atoms with van der Waals surface area (Å²) >= 11 is 1.67. The topological polar surface area (TPSA) is 47.0 Å². The Morgan fingerprint density at radius 3 is 2.77 bits per heavy atom. The maximum absolute atomic E-state index is 5.42. The van der Waals surface area contributed by atoms with Crippen LogP contribution in [0.4, 0.5) is 0 Å². The van der Waals surface area contributed by atoms with Crippen LogP contribution in [0.5, 0.6) is 0 Å². The van der Waals surface area contributed by atoms with Crippen LogP contribution in [0.1, 0.15) is 31.2 Å². The first-order valence-corrected chi connectivity index (χ1v) is 8.82. The summed E-state index contributed by atoms with van der Waals surface area (Å²) in [6.07, 6.45) is 3.61. The van der Waals surface area contributed by atoms with Gasteiger partial charge in [0.25, 0.3) is 0 Å². The summed E-state index contributed by atoms with van der Waals surface area (Å²) < 4.78 is 5.42. The van der Waals surface area contributed by atoms with E-state index in [0.29, 0.717) is 6.04 Å². The first-order valence-electron chi connectivity index (χ1n) is 8.00. The van der Waals surface area contributed by atoms with Gasteiger partial charge in [0.1, 0.15) is 10.0 Å². The summed E-state index contributed by atoms with van der Waals surface area (Å²) in [6.45, 7) is 4.91. The lowest BCUT2D eigenvalue weighted by Gasteiger charge is -2.25. The maximum Gasteiger partial charge on any atom is 0.147 e. The number of aromatic nitrogens is 2. The molecular weight excluding hydrogens is 294 g/mol. The molecule has 0 spiro atoms. The molecule has 1 aliphatic rings. The molecule has 5 heteroatoms. The number of benzene rings is 1. The minimum Gasteiger partial charge on any atom is -0.381 e.